The van der Waals surface area contributed by atoms with Gasteiger partial charge in [0.15, 0.2) is 0 Å². The minimum absolute atomic E-state index is 0.0880. The fourth-order valence-electron chi connectivity index (χ4n) is 2.08. The smallest absolute Gasteiger partial charge is 0.257 e. The highest BCUT2D eigenvalue weighted by atomic mass is 16.2. The summed E-state index contributed by atoms with van der Waals surface area (Å²) in [6.45, 7) is 0. The molecule has 1 aromatic carbocycles. The predicted octanol–water partition coefficient (Wildman–Crippen LogP) is 2.40. The van der Waals surface area contributed by atoms with Crippen molar-refractivity contribution in [2.75, 3.05) is 19.4 Å². The van der Waals surface area contributed by atoms with Crippen LogP contribution in [0.3, 0.4) is 0 Å². The van der Waals surface area contributed by atoms with Crippen molar-refractivity contribution in [2.45, 2.75) is 0 Å². The Kier molecular flexibility index (Phi) is 3.27. The molecule has 1 amide bonds. The van der Waals surface area contributed by atoms with Gasteiger partial charge in [0.25, 0.3) is 5.91 Å². The fraction of sp³-hybridized carbons (Fsp3) is 0.133. The molecule has 3 rings (SSSR count). The Balaban J connectivity index is 1.95. The molecular weight excluding hydrogens is 266 g/mol. The lowest BCUT2D eigenvalue weighted by Crippen LogP contribution is -2.22. The van der Waals surface area contributed by atoms with E-state index in [2.05, 4.69) is 20.5 Å². The highest BCUT2D eigenvalue weighted by molar-refractivity contribution is 5.99. The average molecular weight is 281 g/mol. The van der Waals surface area contributed by atoms with Crippen molar-refractivity contribution in [2.24, 2.45) is 0 Å². The number of pyridine rings is 1. The molecule has 0 saturated carbocycles. The molecule has 0 saturated heterocycles. The second-order valence-corrected chi connectivity index (χ2v) is 4.90. The number of hydrogen-bond donors (Lipinski definition) is 2. The summed E-state index contributed by atoms with van der Waals surface area (Å²) in [6.07, 6.45) is 3.41. The number of nitrogens with one attached hydrogen (secondary N) is 2. The molecule has 6 heteroatoms. The summed E-state index contributed by atoms with van der Waals surface area (Å²) in [5.74, 6) is 0.453. The van der Waals surface area contributed by atoms with Crippen molar-refractivity contribution in [3.05, 3.63) is 48.3 Å². The number of carbonyl (C=O) groups excluding carboxylic acids is 1. The zero-order valence-corrected chi connectivity index (χ0v) is 11.8. The normalized spacial score (nSPS) is 10.6. The molecule has 0 aliphatic carbocycles. The Bertz CT molecular complexity index is 793. The van der Waals surface area contributed by atoms with E-state index in [4.69, 9.17) is 0 Å². The SMILES string of the molecule is CN(C)C(=O)c1cccnc1Nc1ccc2[nH]ncc2c1. The van der Waals surface area contributed by atoms with Gasteiger partial charge in [-0.25, -0.2) is 4.98 Å². The number of rotatable bonds is 3. The molecule has 0 aliphatic heterocycles. The number of carbonyl (C=O) groups is 1. The number of fused-ring (bicyclic) bond motifs is 1. The number of benzene rings is 1. The van der Waals surface area contributed by atoms with Crippen molar-refractivity contribution in [1.29, 1.82) is 0 Å². The van der Waals surface area contributed by atoms with Crippen molar-refractivity contribution >= 4 is 28.3 Å². The molecule has 0 radical (unpaired) electrons. The summed E-state index contributed by atoms with van der Waals surface area (Å²) in [4.78, 5) is 17.9. The zero-order valence-electron chi connectivity index (χ0n) is 11.8. The summed E-state index contributed by atoms with van der Waals surface area (Å²) in [6, 6.07) is 9.31. The quantitative estimate of drug-likeness (QED) is 0.773. The van der Waals surface area contributed by atoms with Gasteiger partial charge in [0.05, 0.1) is 17.3 Å². The fourth-order valence-corrected chi connectivity index (χ4v) is 2.08. The predicted molar refractivity (Wildman–Crippen MR) is 81.6 cm³/mol. The van der Waals surface area contributed by atoms with Crippen LogP contribution in [0.4, 0.5) is 11.5 Å². The third-order valence-electron chi connectivity index (χ3n) is 3.15. The minimum Gasteiger partial charge on any atom is -0.345 e. The summed E-state index contributed by atoms with van der Waals surface area (Å²) >= 11 is 0. The summed E-state index contributed by atoms with van der Waals surface area (Å²) in [5, 5.41) is 11.1. The van der Waals surface area contributed by atoms with Crippen molar-refractivity contribution in [1.82, 2.24) is 20.1 Å². The Morgan fingerprint density at radius 2 is 2.14 bits per heavy atom. The average Bonchev–Trinajstić information content (AvgIpc) is 2.94. The van der Waals surface area contributed by atoms with Crippen LogP contribution in [-0.4, -0.2) is 40.1 Å². The first-order valence-electron chi connectivity index (χ1n) is 6.52. The monoisotopic (exact) mass is 281 g/mol. The summed E-state index contributed by atoms with van der Waals surface area (Å²) in [7, 11) is 3.44. The number of aromatic nitrogens is 3. The molecule has 2 aromatic heterocycles. The number of nitrogens with zero attached hydrogens (tertiary/aromatic N) is 3. The van der Waals surface area contributed by atoms with E-state index < -0.39 is 0 Å². The highest BCUT2D eigenvalue weighted by Crippen LogP contribution is 2.22. The molecular formula is C15H15N5O. The van der Waals surface area contributed by atoms with E-state index in [1.807, 2.05) is 18.2 Å². The number of anilines is 2. The maximum Gasteiger partial charge on any atom is 0.257 e. The Labute approximate surface area is 121 Å². The van der Waals surface area contributed by atoms with Gasteiger partial charge < -0.3 is 10.2 Å². The highest BCUT2D eigenvalue weighted by Gasteiger charge is 2.14. The van der Waals surface area contributed by atoms with Crippen molar-refractivity contribution in [3.8, 4) is 0 Å². The summed E-state index contributed by atoms with van der Waals surface area (Å²) < 4.78 is 0. The van der Waals surface area contributed by atoms with E-state index in [9.17, 15) is 4.79 Å². The molecule has 2 N–H and O–H groups in total. The molecule has 0 fully saturated rings. The number of aromatic amines is 1. The third-order valence-corrected chi connectivity index (χ3v) is 3.15. The molecule has 2 heterocycles. The minimum atomic E-state index is -0.0880. The van der Waals surface area contributed by atoms with E-state index >= 15 is 0 Å². The third kappa shape index (κ3) is 2.55. The van der Waals surface area contributed by atoms with Crippen molar-refractivity contribution < 1.29 is 4.79 Å². The van der Waals surface area contributed by atoms with Crippen LogP contribution in [0.2, 0.25) is 0 Å². The van der Waals surface area contributed by atoms with Gasteiger partial charge in [0.2, 0.25) is 0 Å². The molecule has 0 aliphatic rings. The van der Waals surface area contributed by atoms with Gasteiger partial charge in [-0.2, -0.15) is 5.10 Å². The van der Waals surface area contributed by atoms with Crippen LogP contribution in [0.15, 0.2) is 42.7 Å². The van der Waals surface area contributed by atoms with E-state index in [1.54, 1.807) is 38.6 Å². The van der Waals surface area contributed by atoms with E-state index in [-0.39, 0.29) is 5.91 Å². The maximum atomic E-state index is 12.2. The Hall–Kier alpha value is -2.89. The molecule has 21 heavy (non-hydrogen) atoms. The number of amides is 1. The van der Waals surface area contributed by atoms with Gasteiger partial charge >= 0.3 is 0 Å². The van der Waals surface area contributed by atoms with Crippen molar-refractivity contribution in [3.63, 3.8) is 0 Å². The first kappa shape index (κ1) is 13.1. The van der Waals surface area contributed by atoms with Gasteiger partial charge in [-0.1, -0.05) is 0 Å². The van der Waals surface area contributed by atoms with Crippen LogP contribution in [0, 0.1) is 0 Å². The topological polar surface area (TPSA) is 73.9 Å². The maximum absolute atomic E-state index is 12.2. The van der Waals surface area contributed by atoms with Gasteiger partial charge in [0, 0.05) is 31.4 Å². The largest absolute Gasteiger partial charge is 0.345 e. The number of H-pyrrole nitrogens is 1. The second-order valence-electron chi connectivity index (χ2n) is 4.90. The molecule has 0 spiro atoms. The summed E-state index contributed by atoms with van der Waals surface area (Å²) in [5.41, 5.74) is 2.36. The Morgan fingerprint density at radius 1 is 1.29 bits per heavy atom. The lowest BCUT2D eigenvalue weighted by atomic mass is 10.2. The first-order chi connectivity index (χ1) is 10.1. The van der Waals surface area contributed by atoms with Crippen LogP contribution in [0.5, 0.6) is 0 Å². The van der Waals surface area contributed by atoms with Gasteiger partial charge in [-0.3, -0.25) is 9.89 Å². The lowest BCUT2D eigenvalue weighted by Gasteiger charge is -2.14. The molecule has 0 bridgehead atoms. The molecule has 106 valence electrons. The van der Waals surface area contributed by atoms with Crippen LogP contribution in [0.25, 0.3) is 10.9 Å². The zero-order chi connectivity index (χ0) is 14.8. The van der Waals surface area contributed by atoms with E-state index in [0.717, 1.165) is 16.6 Å². The van der Waals surface area contributed by atoms with E-state index in [1.165, 1.54) is 4.90 Å². The van der Waals surface area contributed by atoms with Crippen LogP contribution in [0.1, 0.15) is 10.4 Å². The van der Waals surface area contributed by atoms with Crippen LogP contribution >= 0.6 is 0 Å². The molecule has 3 aromatic rings. The van der Waals surface area contributed by atoms with Gasteiger partial charge in [-0.05, 0) is 30.3 Å². The Morgan fingerprint density at radius 3 is 2.95 bits per heavy atom. The number of hydrogen-bond acceptors (Lipinski definition) is 4. The molecule has 6 nitrogen and oxygen atoms in total. The van der Waals surface area contributed by atoms with E-state index in [0.29, 0.717) is 11.4 Å². The van der Waals surface area contributed by atoms with Gasteiger partial charge in [-0.15, -0.1) is 0 Å². The first-order valence-corrected chi connectivity index (χ1v) is 6.52. The van der Waals surface area contributed by atoms with Gasteiger partial charge in [0.1, 0.15) is 5.82 Å². The van der Waals surface area contributed by atoms with Crippen LogP contribution < -0.4 is 5.32 Å². The molecule has 0 unspecified atom stereocenters. The second kappa shape index (κ2) is 5.24. The van der Waals surface area contributed by atoms with Crippen LogP contribution in [-0.2, 0) is 0 Å². The molecule has 0 atom stereocenters. The standard InChI is InChI=1S/C15H15N5O/c1-20(2)15(21)12-4-3-7-16-14(12)18-11-5-6-13-10(8-11)9-17-19-13/h3-9H,1-2H3,(H,16,18)(H,17,19). The lowest BCUT2D eigenvalue weighted by molar-refractivity contribution is 0.0828.